The highest BCUT2D eigenvalue weighted by Gasteiger charge is 1.93. The van der Waals surface area contributed by atoms with E-state index in [4.69, 9.17) is 5.73 Å². The third-order valence-corrected chi connectivity index (χ3v) is 1.13. The van der Waals surface area contributed by atoms with E-state index in [-0.39, 0.29) is 5.91 Å². The van der Waals surface area contributed by atoms with Crippen LogP contribution < -0.4 is 11.1 Å². The first-order chi connectivity index (χ1) is 5.59. The minimum atomic E-state index is -0.316. The number of primary amides is 1. The molecular formula is C9H20N2O. The third-order valence-electron chi connectivity index (χ3n) is 1.13. The highest BCUT2D eigenvalue weighted by Crippen LogP contribution is 1.95. The standard InChI is InChI=1S/C7H13NO.C2H7N/c1-3-4-5-6(2)7(8)9;1-3-2/h5H,3-4H2,1-2H3,(H2,8,9);3H,1-2H3/b6-5+;. The Balaban J connectivity index is 0. The Morgan fingerprint density at radius 2 is 1.92 bits per heavy atom. The Morgan fingerprint density at radius 3 is 2.17 bits per heavy atom. The lowest BCUT2D eigenvalue weighted by atomic mass is 10.2. The number of hydrogen-bond acceptors (Lipinski definition) is 2. The molecule has 0 spiro atoms. The molecule has 0 aromatic carbocycles. The predicted octanol–water partition coefficient (Wildman–Crippen LogP) is 1.05. The summed E-state index contributed by atoms with van der Waals surface area (Å²) in [4.78, 5) is 10.4. The van der Waals surface area contributed by atoms with Crippen LogP contribution in [0.4, 0.5) is 0 Å². The average Bonchev–Trinajstić information content (AvgIpc) is 2.01. The molecule has 12 heavy (non-hydrogen) atoms. The number of unbranched alkanes of at least 4 members (excludes halogenated alkanes) is 1. The summed E-state index contributed by atoms with van der Waals surface area (Å²) in [6, 6.07) is 0. The zero-order chi connectivity index (χ0) is 9.98. The fraction of sp³-hybridized carbons (Fsp3) is 0.667. The van der Waals surface area contributed by atoms with Gasteiger partial charge in [-0.05, 0) is 27.4 Å². The van der Waals surface area contributed by atoms with Crippen molar-refractivity contribution in [1.29, 1.82) is 0 Å². The van der Waals surface area contributed by atoms with E-state index < -0.39 is 0 Å². The van der Waals surface area contributed by atoms with Crippen molar-refractivity contribution >= 4 is 5.91 Å². The second-order valence-electron chi connectivity index (χ2n) is 2.54. The van der Waals surface area contributed by atoms with Gasteiger partial charge in [0.25, 0.3) is 0 Å². The minimum absolute atomic E-state index is 0.316. The van der Waals surface area contributed by atoms with Gasteiger partial charge in [-0.3, -0.25) is 4.79 Å². The maximum Gasteiger partial charge on any atom is 0.244 e. The van der Waals surface area contributed by atoms with Crippen molar-refractivity contribution in [2.24, 2.45) is 5.73 Å². The molecule has 1 amide bonds. The molecule has 0 radical (unpaired) electrons. The molecule has 0 bridgehead atoms. The molecule has 72 valence electrons. The zero-order valence-electron chi connectivity index (χ0n) is 8.48. The summed E-state index contributed by atoms with van der Waals surface area (Å²) in [6.07, 6.45) is 3.86. The van der Waals surface area contributed by atoms with E-state index >= 15 is 0 Å². The van der Waals surface area contributed by atoms with Crippen LogP contribution >= 0.6 is 0 Å². The summed E-state index contributed by atoms with van der Waals surface area (Å²) >= 11 is 0. The van der Waals surface area contributed by atoms with Gasteiger partial charge in [0.15, 0.2) is 0 Å². The number of nitrogens with one attached hydrogen (secondary N) is 1. The van der Waals surface area contributed by atoms with Crippen molar-refractivity contribution in [3.05, 3.63) is 11.6 Å². The van der Waals surface area contributed by atoms with Gasteiger partial charge in [0, 0.05) is 5.57 Å². The minimum Gasteiger partial charge on any atom is -0.366 e. The van der Waals surface area contributed by atoms with Gasteiger partial charge >= 0.3 is 0 Å². The molecule has 0 aliphatic rings. The van der Waals surface area contributed by atoms with E-state index in [0.29, 0.717) is 5.57 Å². The van der Waals surface area contributed by atoms with E-state index in [1.807, 2.05) is 20.2 Å². The zero-order valence-corrected chi connectivity index (χ0v) is 8.48. The first kappa shape index (κ1) is 13.7. The second-order valence-corrected chi connectivity index (χ2v) is 2.54. The Morgan fingerprint density at radius 1 is 1.50 bits per heavy atom. The molecule has 0 atom stereocenters. The summed E-state index contributed by atoms with van der Waals surface area (Å²) in [5, 5.41) is 2.75. The molecule has 0 aliphatic carbocycles. The van der Waals surface area contributed by atoms with Crippen LogP contribution in [-0.2, 0) is 4.79 Å². The van der Waals surface area contributed by atoms with Gasteiger partial charge in [-0.25, -0.2) is 0 Å². The molecule has 0 aliphatic heterocycles. The quantitative estimate of drug-likeness (QED) is 0.625. The number of carbonyl (C=O) groups excluding carboxylic acids is 1. The number of carbonyl (C=O) groups is 1. The number of allylic oxidation sites excluding steroid dienone is 1. The molecule has 0 heterocycles. The molecule has 0 fully saturated rings. The lowest BCUT2D eigenvalue weighted by Crippen LogP contribution is -2.11. The van der Waals surface area contributed by atoms with E-state index in [2.05, 4.69) is 12.2 Å². The Bertz CT molecular complexity index is 141. The van der Waals surface area contributed by atoms with Gasteiger partial charge in [0.05, 0.1) is 0 Å². The van der Waals surface area contributed by atoms with Crippen molar-refractivity contribution in [2.45, 2.75) is 26.7 Å². The molecule has 0 aromatic rings. The number of hydrogen-bond donors (Lipinski definition) is 2. The van der Waals surface area contributed by atoms with Crippen LogP contribution in [0, 0.1) is 0 Å². The summed E-state index contributed by atoms with van der Waals surface area (Å²) in [7, 11) is 3.75. The normalized spacial score (nSPS) is 10.2. The Kier molecular flexibility index (Phi) is 11.6. The fourth-order valence-corrected chi connectivity index (χ4v) is 0.461. The topological polar surface area (TPSA) is 55.1 Å². The van der Waals surface area contributed by atoms with Gasteiger partial charge in [-0.2, -0.15) is 0 Å². The van der Waals surface area contributed by atoms with Crippen molar-refractivity contribution < 1.29 is 4.79 Å². The Hall–Kier alpha value is -0.830. The van der Waals surface area contributed by atoms with Crippen molar-refractivity contribution in [2.75, 3.05) is 14.1 Å². The molecule has 0 unspecified atom stereocenters. The molecule has 0 aromatic heterocycles. The largest absolute Gasteiger partial charge is 0.366 e. The van der Waals surface area contributed by atoms with E-state index in [1.165, 1.54) is 0 Å². The van der Waals surface area contributed by atoms with E-state index in [9.17, 15) is 4.79 Å². The molecule has 3 N–H and O–H groups in total. The second kappa shape index (κ2) is 10.2. The molecule has 0 saturated carbocycles. The highest BCUT2D eigenvalue weighted by atomic mass is 16.1. The van der Waals surface area contributed by atoms with E-state index in [1.54, 1.807) is 6.92 Å². The maximum atomic E-state index is 10.4. The SMILES string of the molecule is CCC/C=C(\C)C(N)=O.CNC. The summed E-state index contributed by atoms with van der Waals surface area (Å²) in [6.45, 7) is 3.79. The van der Waals surface area contributed by atoms with Gasteiger partial charge in [0.1, 0.15) is 0 Å². The van der Waals surface area contributed by atoms with Crippen LogP contribution in [-0.4, -0.2) is 20.0 Å². The molecule has 3 nitrogen and oxygen atoms in total. The number of rotatable bonds is 3. The van der Waals surface area contributed by atoms with Gasteiger partial charge in [-0.15, -0.1) is 0 Å². The Labute approximate surface area is 75.0 Å². The third kappa shape index (κ3) is 11.9. The number of nitrogens with two attached hydrogens (primary N) is 1. The summed E-state index contributed by atoms with van der Waals surface area (Å²) in [5.41, 5.74) is 5.63. The van der Waals surface area contributed by atoms with Crippen LogP contribution in [0.5, 0.6) is 0 Å². The first-order valence-electron chi connectivity index (χ1n) is 4.15. The van der Waals surface area contributed by atoms with Gasteiger partial charge in [0.2, 0.25) is 5.91 Å². The maximum absolute atomic E-state index is 10.4. The highest BCUT2D eigenvalue weighted by molar-refractivity contribution is 5.91. The first-order valence-corrected chi connectivity index (χ1v) is 4.15. The van der Waals surface area contributed by atoms with Crippen LogP contribution in [0.15, 0.2) is 11.6 Å². The molecule has 0 rings (SSSR count). The summed E-state index contributed by atoms with van der Waals surface area (Å²) < 4.78 is 0. The van der Waals surface area contributed by atoms with Crippen LogP contribution in [0.25, 0.3) is 0 Å². The molecule has 3 heteroatoms. The monoisotopic (exact) mass is 172 g/mol. The van der Waals surface area contributed by atoms with Gasteiger partial charge in [-0.1, -0.05) is 19.4 Å². The van der Waals surface area contributed by atoms with Crippen LogP contribution in [0.1, 0.15) is 26.7 Å². The predicted molar refractivity (Wildman–Crippen MR) is 52.8 cm³/mol. The molecular weight excluding hydrogens is 152 g/mol. The number of amides is 1. The van der Waals surface area contributed by atoms with Crippen molar-refractivity contribution in [1.82, 2.24) is 5.32 Å². The summed E-state index contributed by atoms with van der Waals surface area (Å²) in [5.74, 6) is -0.316. The van der Waals surface area contributed by atoms with Crippen molar-refractivity contribution in [3.8, 4) is 0 Å². The van der Waals surface area contributed by atoms with Crippen LogP contribution in [0.3, 0.4) is 0 Å². The van der Waals surface area contributed by atoms with Crippen molar-refractivity contribution in [3.63, 3.8) is 0 Å². The lowest BCUT2D eigenvalue weighted by molar-refractivity contribution is -0.114. The van der Waals surface area contributed by atoms with Gasteiger partial charge < -0.3 is 11.1 Å². The lowest BCUT2D eigenvalue weighted by Gasteiger charge is -1.90. The fourth-order valence-electron chi connectivity index (χ4n) is 0.461. The average molecular weight is 172 g/mol. The van der Waals surface area contributed by atoms with Crippen LogP contribution in [0.2, 0.25) is 0 Å². The molecule has 0 saturated heterocycles. The van der Waals surface area contributed by atoms with E-state index in [0.717, 1.165) is 12.8 Å². The smallest absolute Gasteiger partial charge is 0.244 e.